The van der Waals surface area contributed by atoms with Gasteiger partial charge in [0.2, 0.25) is 5.88 Å². The minimum atomic E-state index is -0.448. The molecule has 0 radical (unpaired) electrons. The van der Waals surface area contributed by atoms with E-state index in [1.807, 2.05) is 26.8 Å². The topological polar surface area (TPSA) is 66.2 Å². The molecule has 0 N–H and O–H groups in total. The third-order valence-corrected chi connectivity index (χ3v) is 3.81. The lowest BCUT2D eigenvalue weighted by Crippen LogP contribution is -2.36. The molecule has 2 aromatic rings. The Balaban J connectivity index is 2.02. The van der Waals surface area contributed by atoms with Crippen LogP contribution in [0.4, 0.5) is 0 Å². The van der Waals surface area contributed by atoms with Gasteiger partial charge in [-0.2, -0.15) is 5.10 Å². The zero-order valence-electron chi connectivity index (χ0n) is 15.1. The SMILES string of the molecule is CCCCOc1ccc(COc2cnn(C(C)(C)C)c(=O)c2Cl)cn1. The molecule has 0 aliphatic rings. The molecule has 0 aliphatic heterocycles. The molecule has 0 bridgehead atoms. The van der Waals surface area contributed by atoms with E-state index in [0.29, 0.717) is 12.5 Å². The summed E-state index contributed by atoms with van der Waals surface area (Å²) in [4.78, 5) is 16.5. The molecule has 136 valence electrons. The average molecular weight is 366 g/mol. The van der Waals surface area contributed by atoms with E-state index in [1.54, 1.807) is 12.3 Å². The van der Waals surface area contributed by atoms with Gasteiger partial charge >= 0.3 is 0 Å². The van der Waals surface area contributed by atoms with E-state index < -0.39 is 5.54 Å². The van der Waals surface area contributed by atoms with Gasteiger partial charge in [0.15, 0.2) is 10.8 Å². The van der Waals surface area contributed by atoms with Crippen LogP contribution in [0.15, 0.2) is 29.3 Å². The number of hydrogen-bond donors (Lipinski definition) is 0. The molecule has 6 nitrogen and oxygen atoms in total. The maximum absolute atomic E-state index is 12.3. The van der Waals surface area contributed by atoms with E-state index in [-0.39, 0.29) is 22.9 Å². The van der Waals surface area contributed by atoms with Gasteiger partial charge in [-0.1, -0.05) is 24.9 Å². The Bertz CT molecular complexity index is 752. The summed E-state index contributed by atoms with van der Waals surface area (Å²) in [6.07, 6.45) is 5.22. The first-order valence-corrected chi connectivity index (χ1v) is 8.69. The molecule has 0 atom stereocenters. The van der Waals surface area contributed by atoms with Crippen molar-refractivity contribution < 1.29 is 9.47 Å². The predicted octanol–water partition coefficient (Wildman–Crippen LogP) is 3.80. The van der Waals surface area contributed by atoms with E-state index in [4.69, 9.17) is 21.1 Å². The molecule has 2 rings (SSSR count). The highest BCUT2D eigenvalue weighted by atomic mass is 35.5. The Morgan fingerprint density at radius 3 is 2.56 bits per heavy atom. The van der Waals surface area contributed by atoms with Crippen LogP contribution in [0.25, 0.3) is 0 Å². The number of hydrogen-bond acceptors (Lipinski definition) is 5. The fourth-order valence-electron chi connectivity index (χ4n) is 2.06. The van der Waals surface area contributed by atoms with Crippen LogP contribution >= 0.6 is 11.6 Å². The van der Waals surface area contributed by atoms with Crippen LogP contribution in [0.1, 0.15) is 46.1 Å². The highest BCUT2D eigenvalue weighted by Gasteiger charge is 2.19. The van der Waals surface area contributed by atoms with Gasteiger partial charge in [-0.3, -0.25) is 4.79 Å². The van der Waals surface area contributed by atoms with Gasteiger partial charge < -0.3 is 9.47 Å². The van der Waals surface area contributed by atoms with Gasteiger partial charge in [-0.25, -0.2) is 9.67 Å². The minimum absolute atomic E-state index is 0.0254. The predicted molar refractivity (Wildman–Crippen MR) is 97.5 cm³/mol. The maximum atomic E-state index is 12.3. The van der Waals surface area contributed by atoms with Gasteiger partial charge in [0.1, 0.15) is 6.61 Å². The average Bonchev–Trinajstić information content (AvgIpc) is 2.56. The summed E-state index contributed by atoms with van der Waals surface area (Å²) in [7, 11) is 0. The van der Waals surface area contributed by atoms with Crippen molar-refractivity contribution in [3.63, 3.8) is 0 Å². The van der Waals surface area contributed by atoms with Crippen LogP contribution in [-0.4, -0.2) is 21.4 Å². The Labute approximate surface area is 152 Å². The van der Waals surface area contributed by atoms with Crippen molar-refractivity contribution in [2.45, 2.75) is 52.7 Å². The van der Waals surface area contributed by atoms with Crippen LogP contribution in [0.2, 0.25) is 5.02 Å². The van der Waals surface area contributed by atoms with Gasteiger partial charge in [0, 0.05) is 17.8 Å². The molecule has 0 aromatic carbocycles. The molecule has 2 aromatic heterocycles. The Morgan fingerprint density at radius 1 is 1.20 bits per heavy atom. The lowest BCUT2D eigenvalue weighted by atomic mass is 10.1. The zero-order chi connectivity index (χ0) is 18.4. The summed E-state index contributed by atoms with van der Waals surface area (Å²) in [5.41, 5.74) is 0.0277. The molecule has 2 heterocycles. The maximum Gasteiger partial charge on any atom is 0.289 e. The number of aromatic nitrogens is 3. The number of nitrogens with zero attached hydrogens (tertiary/aromatic N) is 3. The van der Waals surface area contributed by atoms with Gasteiger partial charge in [-0.05, 0) is 33.3 Å². The summed E-state index contributed by atoms with van der Waals surface area (Å²) < 4.78 is 12.5. The molecule has 7 heteroatoms. The van der Waals surface area contributed by atoms with Crippen molar-refractivity contribution in [2.24, 2.45) is 0 Å². The molecule has 0 amide bonds. The van der Waals surface area contributed by atoms with E-state index in [0.717, 1.165) is 18.4 Å². The molecular weight excluding hydrogens is 342 g/mol. The first-order chi connectivity index (χ1) is 11.8. The second-order valence-electron chi connectivity index (χ2n) is 6.71. The van der Waals surface area contributed by atoms with Crippen LogP contribution < -0.4 is 15.0 Å². The van der Waals surface area contributed by atoms with Crippen molar-refractivity contribution in [1.29, 1.82) is 0 Å². The second kappa shape index (κ2) is 8.34. The van der Waals surface area contributed by atoms with Crippen molar-refractivity contribution in [2.75, 3.05) is 6.61 Å². The molecule has 0 spiro atoms. The summed E-state index contributed by atoms with van der Waals surface area (Å²) in [6.45, 7) is 8.65. The van der Waals surface area contributed by atoms with Crippen LogP contribution in [0.5, 0.6) is 11.6 Å². The smallest absolute Gasteiger partial charge is 0.289 e. The number of rotatable bonds is 7. The molecular formula is C18H24ClN3O3. The third-order valence-electron chi connectivity index (χ3n) is 3.46. The largest absolute Gasteiger partial charge is 0.485 e. The lowest BCUT2D eigenvalue weighted by molar-refractivity contribution is 0.288. The van der Waals surface area contributed by atoms with Crippen LogP contribution in [-0.2, 0) is 12.1 Å². The number of pyridine rings is 1. The Hall–Kier alpha value is -2.08. The quantitative estimate of drug-likeness (QED) is 0.698. The summed E-state index contributed by atoms with van der Waals surface area (Å²) >= 11 is 6.13. The lowest BCUT2D eigenvalue weighted by Gasteiger charge is -2.21. The molecule has 0 aliphatic carbocycles. The van der Waals surface area contributed by atoms with Crippen molar-refractivity contribution in [1.82, 2.24) is 14.8 Å². The molecule has 25 heavy (non-hydrogen) atoms. The fraction of sp³-hybridized carbons (Fsp3) is 0.500. The van der Waals surface area contributed by atoms with Crippen molar-refractivity contribution in [3.8, 4) is 11.6 Å². The first kappa shape index (κ1) is 19.2. The number of halogens is 1. The Morgan fingerprint density at radius 2 is 1.96 bits per heavy atom. The second-order valence-corrected chi connectivity index (χ2v) is 7.08. The monoisotopic (exact) mass is 365 g/mol. The highest BCUT2D eigenvalue weighted by molar-refractivity contribution is 6.31. The molecule has 0 saturated heterocycles. The minimum Gasteiger partial charge on any atom is -0.485 e. The third kappa shape index (κ3) is 5.19. The van der Waals surface area contributed by atoms with E-state index in [1.165, 1.54) is 10.9 Å². The highest BCUT2D eigenvalue weighted by Crippen LogP contribution is 2.22. The van der Waals surface area contributed by atoms with Crippen LogP contribution in [0.3, 0.4) is 0 Å². The molecule has 0 saturated carbocycles. The normalized spacial score (nSPS) is 11.4. The van der Waals surface area contributed by atoms with E-state index in [9.17, 15) is 4.79 Å². The van der Waals surface area contributed by atoms with Gasteiger partial charge in [0.25, 0.3) is 5.56 Å². The fourth-order valence-corrected chi connectivity index (χ4v) is 2.24. The standard InChI is InChI=1S/C18H24ClN3O3/c1-5-6-9-24-15-8-7-13(10-20-15)12-25-14-11-21-22(18(2,3)4)17(23)16(14)19/h7-8,10-11H,5-6,9,12H2,1-4H3. The summed E-state index contributed by atoms with van der Waals surface area (Å²) in [5, 5.41) is 4.16. The number of unbranched alkanes of at least 4 members (excludes halogenated alkanes) is 1. The van der Waals surface area contributed by atoms with Crippen LogP contribution in [0, 0.1) is 0 Å². The molecule has 0 unspecified atom stereocenters. The van der Waals surface area contributed by atoms with Crippen molar-refractivity contribution >= 4 is 11.6 Å². The first-order valence-electron chi connectivity index (χ1n) is 8.31. The summed E-state index contributed by atoms with van der Waals surface area (Å²) in [5.74, 6) is 0.847. The van der Waals surface area contributed by atoms with Crippen molar-refractivity contribution in [3.05, 3.63) is 45.5 Å². The summed E-state index contributed by atoms with van der Waals surface area (Å²) in [6, 6.07) is 3.66. The zero-order valence-corrected chi connectivity index (χ0v) is 15.8. The number of ether oxygens (including phenoxy) is 2. The van der Waals surface area contributed by atoms with E-state index >= 15 is 0 Å². The Kier molecular flexibility index (Phi) is 6.42. The molecule has 0 fully saturated rings. The van der Waals surface area contributed by atoms with E-state index in [2.05, 4.69) is 17.0 Å². The van der Waals surface area contributed by atoms with Gasteiger partial charge in [0.05, 0.1) is 18.3 Å². The van der Waals surface area contributed by atoms with Gasteiger partial charge in [-0.15, -0.1) is 0 Å².